The summed E-state index contributed by atoms with van der Waals surface area (Å²) >= 11 is 6.11. The lowest BCUT2D eigenvalue weighted by Crippen LogP contribution is -2.00. The first kappa shape index (κ1) is 12.6. The molecule has 0 saturated heterocycles. The van der Waals surface area contributed by atoms with E-state index >= 15 is 0 Å². The van der Waals surface area contributed by atoms with Crippen LogP contribution >= 0.6 is 11.6 Å². The van der Waals surface area contributed by atoms with Crippen LogP contribution in [-0.4, -0.2) is 14.7 Å². The van der Waals surface area contributed by atoms with Crippen molar-refractivity contribution in [3.05, 3.63) is 69.4 Å². The monoisotopic (exact) mass is 287 g/mol. The van der Waals surface area contributed by atoms with Crippen LogP contribution in [0.5, 0.6) is 0 Å². The molecule has 0 amide bonds. The van der Waals surface area contributed by atoms with Crippen molar-refractivity contribution < 1.29 is 4.92 Å². The highest BCUT2D eigenvalue weighted by Gasteiger charge is 2.09. The molecule has 0 aliphatic carbocycles. The first-order valence-electron chi connectivity index (χ1n) is 5.98. The molecule has 0 radical (unpaired) electrons. The molecule has 2 aromatic carbocycles. The molecule has 0 aliphatic heterocycles. The van der Waals surface area contributed by atoms with Crippen molar-refractivity contribution in [2.24, 2.45) is 0 Å². The highest BCUT2D eigenvalue weighted by atomic mass is 35.5. The number of fused-ring (bicyclic) bond motifs is 1. The van der Waals surface area contributed by atoms with Gasteiger partial charge in [0.2, 0.25) is 0 Å². The minimum absolute atomic E-state index is 0.0646. The van der Waals surface area contributed by atoms with Crippen LogP contribution in [0.4, 0.5) is 5.69 Å². The Morgan fingerprint density at radius 2 is 2.05 bits per heavy atom. The van der Waals surface area contributed by atoms with E-state index in [1.165, 1.54) is 12.1 Å². The second kappa shape index (κ2) is 4.94. The van der Waals surface area contributed by atoms with E-state index in [1.807, 2.05) is 24.3 Å². The van der Waals surface area contributed by atoms with Gasteiger partial charge < -0.3 is 0 Å². The van der Waals surface area contributed by atoms with Gasteiger partial charge in [0, 0.05) is 28.7 Å². The minimum Gasteiger partial charge on any atom is -0.267 e. The molecule has 0 atom stereocenters. The van der Waals surface area contributed by atoms with Crippen LogP contribution in [0.25, 0.3) is 10.9 Å². The smallest absolute Gasteiger partial charge is 0.267 e. The van der Waals surface area contributed by atoms with Crippen molar-refractivity contribution in [2.75, 3.05) is 0 Å². The molecule has 0 N–H and O–H groups in total. The molecule has 6 heteroatoms. The van der Waals surface area contributed by atoms with E-state index < -0.39 is 4.92 Å². The van der Waals surface area contributed by atoms with Crippen LogP contribution in [-0.2, 0) is 6.54 Å². The third-order valence-electron chi connectivity index (χ3n) is 3.04. The second-order valence-corrected chi connectivity index (χ2v) is 4.83. The van der Waals surface area contributed by atoms with Gasteiger partial charge in [0.05, 0.1) is 17.0 Å². The standard InChI is InChI=1S/C14H10ClN3O2/c15-13-4-2-1-3-10(13)8-17-9-11-7-12(18(19)20)5-6-14(11)16-17/h1-7,9H,8H2. The van der Waals surface area contributed by atoms with Crippen LogP contribution in [0.1, 0.15) is 5.56 Å². The molecule has 0 aliphatic rings. The van der Waals surface area contributed by atoms with Crippen molar-refractivity contribution in [3.63, 3.8) is 0 Å². The summed E-state index contributed by atoms with van der Waals surface area (Å²) in [6.07, 6.45) is 1.78. The highest BCUT2D eigenvalue weighted by Crippen LogP contribution is 2.21. The van der Waals surface area contributed by atoms with Gasteiger partial charge in [-0.15, -0.1) is 0 Å². The first-order chi connectivity index (χ1) is 9.63. The second-order valence-electron chi connectivity index (χ2n) is 4.42. The van der Waals surface area contributed by atoms with Gasteiger partial charge in [-0.25, -0.2) is 0 Å². The number of hydrogen-bond donors (Lipinski definition) is 0. The Morgan fingerprint density at radius 1 is 1.25 bits per heavy atom. The molecule has 0 unspecified atom stereocenters. The number of non-ortho nitro benzene ring substituents is 1. The molecule has 0 fully saturated rings. The Morgan fingerprint density at radius 3 is 2.80 bits per heavy atom. The van der Waals surface area contributed by atoms with Crippen LogP contribution in [0.2, 0.25) is 5.02 Å². The highest BCUT2D eigenvalue weighted by molar-refractivity contribution is 6.31. The van der Waals surface area contributed by atoms with Gasteiger partial charge in [0.15, 0.2) is 0 Å². The fourth-order valence-corrected chi connectivity index (χ4v) is 2.26. The van der Waals surface area contributed by atoms with Gasteiger partial charge in [-0.1, -0.05) is 29.8 Å². The van der Waals surface area contributed by atoms with Crippen LogP contribution in [0, 0.1) is 10.1 Å². The molecule has 0 bridgehead atoms. The normalized spacial score (nSPS) is 10.8. The summed E-state index contributed by atoms with van der Waals surface area (Å²) in [5.41, 5.74) is 1.74. The van der Waals surface area contributed by atoms with E-state index in [2.05, 4.69) is 5.10 Å². The average Bonchev–Trinajstić information content (AvgIpc) is 2.82. The number of aromatic nitrogens is 2. The topological polar surface area (TPSA) is 61.0 Å². The van der Waals surface area contributed by atoms with Crippen molar-refractivity contribution in [1.82, 2.24) is 9.78 Å². The molecule has 5 nitrogen and oxygen atoms in total. The number of nitrogens with zero attached hydrogens (tertiary/aromatic N) is 3. The van der Waals surface area contributed by atoms with Crippen molar-refractivity contribution >= 4 is 28.2 Å². The maximum atomic E-state index is 10.7. The predicted octanol–water partition coefficient (Wildman–Crippen LogP) is 3.65. The molecule has 0 spiro atoms. The molecule has 3 aromatic rings. The SMILES string of the molecule is O=[N+]([O-])c1ccc2nn(Cc3ccccc3Cl)cc2c1. The quantitative estimate of drug-likeness (QED) is 0.546. The lowest BCUT2D eigenvalue weighted by atomic mass is 10.2. The largest absolute Gasteiger partial charge is 0.270 e. The van der Waals surface area contributed by atoms with Gasteiger partial charge in [-0.3, -0.25) is 14.8 Å². The fourth-order valence-electron chi connectivity index (χ4n) is 2.06. The summed E-state index contributed by atoms with van der Waals surface area (Å²) in [4.78, 5) is 10.3. The summed E-state index contributed by atoms with van der Waals surface area (Å²) in [5.74, 6) is 0. The molecule has 100 valence electrons. The number of nitro benzene ring substituents is 1. The zero-order valence-electron chi connectivity index (χ0n) is 10.4. The predicted molar refractivity (Wildman–Crippen MR) is 76.9 cm³/mol. The Kier molecular flexibility index (Phi) is 3.12. The maximum Gasteiger partial charge on any atom is 0.270 e. The van der Waals surface area contributed by atoms with E-state index in [1.54, 1.807) is 16.9 Å². The lowest BCUT2D eigenvalue weighted by Gasteiger charge is -2.03. The number of rotatable bonds is 3. The Balaban J connectivity index is 1.97. The van der Waals surface area contributed by atoms with Crippen LogP contribution < -0.4 is 0 Å². The van der Waals surface area contributed by atoms with Gasteiger partial charge in [0.1, 0.15) is 0 Å². The summed E-state index contributed by atoms with van der Waals surface area (Å²) in [7, 11) is 0. The maximum absolute atomic E-state index is 10.7. The third kappa shape index (κ3) is 2.35. The van der Waals surface area contributed by atoms with Crippen molar-refractivity contribution in [1.29, 1.82) is 0 Å². The first-order valence-corrected chi connectivity index (χ1v) is 6.36. The van der Waals surface area contributed by atoms with E-state index in [0.717, 1.165) is 16.5 Å². The van der Waals surface area contributed by atoms with Crippen LogP contribution in [0.15, 0.2) is 48.7 Å². The third-order valence-corrected chi connectivity index (χ3v) is 3.41. The van der Waals surface area contributed by atoms with Crippen molar-refractivity contribution in [2.45, 2.75) is 6.54 Å². The summed E-state index contributed by atoms with van der Waals surface area (Å²) in [6.45, 7) is 0.530. The Hall–Kier alpha value is -2.40. The van der Waals surface area contributed by atoms with E-state index in [4.69, 9.17) is 11.6 Å². The summed E-state index contributed by atoms with van der Waals surface area (Å²) in [6, 6.07) is 12.2. The molecule has 1 heterocycles. The molecular weight excluding hydrogens is 278 g/mol. The Bertz CT molecular complexity index is 798. The molecule has 0 saturated carbocycles. The number of hydrogen-bond acceptors (Lipinski definition) is 3. The molecule has 20 heavy (non-hydrogen) atoms. The van der Waals surface area contributed by atoms with E-state index in [9.17, 15) is 10.1 Å². The van der Waals surface area contributed by atoms with Gasteiger partial charge >= 0.3 is 0 Å². The number of benzene rings is 2. The minimum atomic E-state index is -0.412. The molecule has 3 rings (SSSR count). The summed E-state index contributed by atoms with van der Waals surface area (Å²) in [5, 5.41) is 16.6. The zero-order valence-corrected chi connectivity index (χ0v) is 11.1. The zero-order chi connectivity index (χ0) is 14.1. The van der Waals surface area contributed by atoms with Crippen molar-refractivity contribution in [3.8, 4) is 0 Å². The summed E-state index contributed by atoms with van der Waals surface area (Å²) < 4.78 is 1.73. The van der Waals surface area contributed by atoms with Gasteiger partial charge in [-0.05, 0) is 17.7 Å². The average molecular weight is 288 g/mol. The van der Waals surface area contributed by atoms with E-state index in [-0.39, 0.29) is 5.69 Å². The Labute approximate surface area is 119 Å². The number of nitro groups is 1. The lowest BCUT2D eigenvalue weighted by molar-refractivity contribution is -0.384. The molecule has 1 aromatic heterocycles. The fraction of sp³-hybridized carbons (Fsp3) is 0.0714. The molecular formula is C14H10ClN3O2. The van der Waals surface area contributed by atoms with Gasteiger partial charge in [0.25, 0.3) is 5.69 Å². The number of halogens is 1. The van der Waals surface area contributed by atoms with E-state index in [0.29, 0.717) is 11.6 Å². The van der Waals surface area contributed by atoms with Gasteiger partial charge in [-0.2, -0.15) is 5.10 Å². The van der Waals surface area contributed by atoms with Crippen LogP contribution in [0.3, 0.4) is 0 Å².